The molecule has 6 aromatic rings. The number of benzene rings is 4. The summed E-state index contributed by atoms with van der Waals surface area (Å²) in [6.45, 7) is 6.10. The molecule has 1 radical (unpaired) electrons. The zero-order valence-corrected chi connectivity index (χ0v) is 26.8. The maximum absolute atomic E-state index is 4.45. The van der Waals surface area contributed by atoms with Crippen molar-refractivity contribution in [2.75, 3.05) is 11.9 Å². The van der Waals surface area contributed by atoms with E-state index in [1.54, 1.807) is 0 Å². The number of nitrogens with zero attached hydrogens (tertiary/aromatic N) is 4. The van der Waals surface area contributed by atoms with Gasteiger partial charge in [-0.15, -0.1) is 77.0 Å². The largest absolute Gasteiger partial charge is 0.510 e. The number of hydrogen-bond acceptors (Lipinski definition) is 4. The maximum Gasteiger partial charge on any atom is 0.0190 e. The Bertz CT molecular complexity index is 1670. The second kappa shape index (κ2) is 15.6. The van der Waals surface area contributed by atoms with E-state index >= 15 is 0 Å². The molecule has 0 fully saturated rings. The Hall–Kier alpha value is -4.57. The van der Waals surface area contributed by atoms with Crippen molar-refractivity contribution in [2.45, 2.75) is 13.8 Å². The van der Waals surface area contributed by atoms with Gasteiger partial charge < -0.3 is 19.8 Å². The summed E-state index contributed by atoms with van der Waals surface area (Å²) in [5, 5.41) is 2.39. The summed E-state index contributed by atoms with van der Waals surface area (Å²) in [6.07, 6.45) is 7.73. The van der Waals surface area contributed by atoms with E-state index in [1.807, 2.05) is 140 Å². The first kappa shape index (κ1) is 31.4. The predicted molar refractivity (Wildman–Crippen MR) is 173 cm³/mol. The Morgan fingerprint density at radius 1 is 0.674 bits per heavy atom. The minimum atomic E-state index is 0. The Balaban J connectivity index is 0.000000148. The first-order valence-corrected chi connectivity index (χ1v) is 13.8. The molecule has 0 atom stereocenters. The molecule has 4 nitrogen and oxygen atoms in total. The van der Waals surface area contributed by atoms with Crippen LogP contribution in [0.15, 0.2) is 134 Å². The zero-order valence-electron chi connectivity index (χ0n) is 24.4. The Morgan fingerprint density at radius 3 is 2.09 bits per heavy atom. The predicted octanol–water partition coefficient (Wildman–Crippen LogP) is 8.69. The van der Waals surface area contributed by atoms with Gasteiger partial charge in [0.05, 0.1) is 0 Å². The second-order valence-corrected chi connectivity index (χ2v) is 9.89. The summed E-state index contributed by atoms with van der Waals surface area (Å²) in [5.41, 5.74) is 7.55. The van der Waals surface area contributed by atoms with Crippen molar-refractivity contribution in [2.24, 2.45) is 0 Å². The molecule has 1 aliphatic rings. The van der Waals surface area contributed by atoms with Gasteiger partial charge in [0.2, 0.25) is 0 Å². The fourth-order valence-electron chi connectivity index (χ4n) is 4.30. The van der Waals surface area contributed by atoms with Crippen LogP contribution in [0.3, 0.4) is 0 Å². The zero-order chi connectivity index (χ0) is 29.1. The molecule has 0 N–H and O–H groups in total. The van der Waals surface area contributed by atoms with E-state index in [0.29, 0.717) is 0 Å². The molecule has 0 saturated heterocycles. The number of aromatic nitrogens is 2. The molecule has 0 saturated carbocycles. The molecule has 217 valence electrons. The standard InChI is InChI=1S/C15H10N.C13H12N.C10H10N2.Ir/c1-2-7-13(8-3-1)15-14-9-5-4-6-12(14)10-11-16-15;1-10-3-6-12(7-4-10)13-8-5-11(2)9-14-13;1-11-7-8-12(9-11)10-5-3-2-4-6-10;/h1-7,9-11H;3-6,8-9H,1-2H3;2-5,7-9H,1H3;/q2*-1;-2;. The van der Waals surface area contributed by atoms with Gasteiger partial charge in [-0.2, -0.15) is 37.0 Å². The number of fused-ring (bicyclic) bond motifs is 1. The van der Waals surface area contributed by atoms with Crippen LogP contribution in [0.2, 0.25) is 0 Å². The third-order valence-corrected chi connectivity index (χ3v) is 6.53. The normalized spacial score (nSPS) is 11.6. The average Bonchev–Trinajstić information content (AvgIpc) is 3.49. The van der Waals surface area contributed by atoms with Crippen LogP contribution in [-0.2, 0) is 20.1 Å². The molecule has 2 aromatic heterocycles. The van der Waals surface area contributed by atoms with Crippen LogP contribution in [0.5, 0.6) is 0 Å². The van der Waals surface area contributed by atoms with Gasteiger partial charge in [-0.1, -0.05) is 43.3 Å². The van der Waals surface area contributed by atoms with Gasteiger partial charge >= 0.3 is 0 Å². The quantitative estimate of drug-likeness (QED) is 0.170. The topological polar surface area (TPSA) is 32.3 Å². The number of hydrogen-bond donors (Lipinski definition) is 0. The summed E-state index contributed by atoms with van der Waals surface area (Å²) in [5.74, 6) is 0. The van der Waals surface area contributed by atoms with Crippen molar-refractivity contribution >= 4 is 16.5 Å². The summed E-state index contributed by atoms with van der Waals surface area (Å²) in [4.78, 5) is 12.8. The molecule has 5 heteroatoms. The third kappa shape index (κ3) is 8.71. The van der Waals surface area contributed by atoms with Crippen molar-refractivity contribution in [3.05, 3.63) is 170 Å². The number of aryl methyl sites for hydroxylation is 2. The average molecular weight is 737 g/mol. The van der Waals surface area contributed by atoms with Crippen LogP contribution >= 0.6 is 0 Å². The van der Waals surface area contributed by atoms with Crippen molar-refractivity contribution in [3.63, 3.8) is 0 Å². The summed E-state index contributed by atoms with van der Waals surface area (Å²) in [6, 6.07) is 45.9. The summed E-state index contributed by atoms with van der Waals surface area (Å²) >= 11 is 0. The van der Waals surface area contributed by atoms with Gasteiger partial charge in [0.25, 0.3) is 0 Å². The summed E-state index contributed by atoms with van der Waals surface area (Å²) < 4.78 is 0. The fraction of sp³-hybridized carbons (Fsp3) is 0.0789. The van der Waals surface area contributed by atoms with Gasteiger partial charge in [0.1, 0.15) is 0 Å². The van der Waals surface area contributed by atoms with Crippen molar-refractivity contribution < 1.29 is 20.1 Å². The monoisotopic (exact) mass is 737 g/mol. The number of para-hydroxylation sites is 1. The van der Waals surface area contributed by atoms with Gasteiger partial charge in [-0.3, -0.25) is 0 Å². The SMILES string of the molecule is CN1C=CN(c2[c-]cccc2)[CH-]1.Cc1c[c-]c(-c2ccc(C)cn2)cc1.[Ir].[c-]1ccccc1-c1nccc2ccccc12. The van der Waals surface area contributed by atoms with Gasteiger partial charge in [0, 0.05) is 32.5 Å². The van der Waals surface area contributed by atoms with E-state index in [2.05, 4.69) is 59.4 Å². The number of anilines is 1. The molecule has 4 aromatic carbocycles. The molecule has 7 rings (SSSR count). The first-order valence-electron chi connectivity index (χ1n) is 13.8. The van der Waals surface area contributed by atoms with E-state index < -0.39 is 0 Å². The molecule has 0 amide bonds. The minimum absolute atomic E-state index is 0. The number of pyridine rings is 2. The van der Waals surface area contributed by atoms with E-state index in [9.17, 15) is 0 Å². The van der Waals surface area contributed by atoms with Crippen LogP contribution in [0.1, 0.15) is 11.1 Å². The van der Waals surface area contributed by atoms with Crippen LogP contribution in [0.4, 0.5) is 5.69 Å². The van der Waals surface area contributed by atoms with Crippen LogP contribution in [-0.4, -0.2) is 21.9 Å². The molecule has 43 heavy (non-hydrogen) atoms. The van der Waals surface area contributed by atoms with Crippen molar-refractivity contribution in [1.29, 1.82) is 0 Å². The maximum atomic E-state index is 4.45. The van der Waals surface area contributed by atoms with Crippen LogP contribution in [0.25, 0.3) is 33.3 Å². The first-order chi connectivity index (χ1) is 20.6. The Morgan fingerprint density at radius 2 is 1.44 bits per heavy atom. The molecule has 0 spiro atoms. The van der Waals surface area contributed by atoms with Crippen molar-refractivity contribution in [3.8, 4) is 22.5 Å². The minimum Gasteiger partial charge on any atom is -0.510 e. The van der Waals surface area contributed by atoms with Crippen molar-refractivity contribution in [1.82, 2.24) is 14.9 Å². The molecular formula is C38H32IrN4-4. The van der Waals surface area contributed by atoms with Crippen LogP contribution in [0, 0.1) is 38.7 Å². The number of rotatable bonds is 3. The van der Waals surface area contributed by atoms with E-state index in [0.717, 1.165) is 28.2 Å². The Labute approximate surface area is 268 Å². The molecule has 0 aliphatic carbocycles. The smallest absolute Gasteiger partial charge is 0.0190 e. The second-order valence-electron chi connectivity index (χ2n) is 9.89. The van der Waals surface area contributed by atoms with Crippen LogP contribution < -0.4 is 4.90 Å². The summed E-state index contributed by atoms with van der Waals surface area (Å²) in [7, 11) is 2.00. The Kier molecular flexibility index (Phi) is 11.4. The van der Waals surface area contributed by atoms with Gasteiger partial charge in [-0.05, 0) is 60.2 Å². The molecule has 0 bridgehead atoms. The van der Waals surface area contributed by atoms with Gasteiger partial charge in [0.15, 0.2) is 0 Å². The van der Waals surface area contributed by atoms with E-state index in [1.165, 1.54) is 21.9 Å². The van der Waals surface area contributed by atoms with E-state index in [-0.39, 0.29) is 20.1 Å². The third-order valence-electron chi connectivity index (χ3n) is 6.53. The molecular weight excluding hydrogens is 705 g/mol. The molecule has 3 heterocycles. The van der Waals surface area contributed by atoms with Gasteiger partial charge in [-0.25, -0.2) is 0 Å². The fourth-order valence-corrected chi connectivity index (χ4v) is 4.30. The molecule has 1 aliphatic heterocycles. The molecule has 0 unspecified atom stereocenters. The van der Waals surface area contributed by atoms with E-state index in [4.69, 9.17) is 0 Å².